The molecule has 1 unspecified atom stereocenters. The Balaban J connectivity index is 1.52. The van der Waals surface area contributed by atoms with E-state index in [0.717, 1.165) is 5.56 Å². The van der Waals surface area contributed by atoms with Crippen molar-refractivity contribution in [3.8, 4) is 0 Å². The lowest BCUT2D eigenvalue weighted by Crippen LogP contribution is -2.52. The number of nitrogens with zero attached hydrogens (tertiary/aromatic N) is 1. The van der Waals surface area contributed by atoms with E-state index in [1.807, 2.05) is 30.3 Å². The van der Waals surface area contributed by atoms with Gasteiger partial charge in [0.15, 0.2) is 0 Å². The monoisotopic (exact) mass is 419 g/mol. The lowest BCUT2D eigenvalue weighted by Gasteiger charge is -2.29. The molecule has 4 amide bonds. The molecule has 0 radical (unpaired) electrons. The van der Waals surface area contributed by atoms with Gasteiger partial charge >= 0.3 is 0 Å². The minimum Gasteiger partial charge on any atom is -0.345 e. The zero-order valence-electron chi connectivity index (χ0n) is 17.6. The van der Waals surface area contributed by atoms with Crippen LogP contribution in [0.25, 0.3) is 0 Å². The van der Waals surface area contributed by atoms with E-state index in [4.69, 9.17) is 0 Å². The van der Waals surface area contributed by atoms with E-state index in [0.29, 0.717) is 23.1 Å². The largest absolute Gasteiger partial charge is 0.345 e. The SMILES string of the molecule is CC(C)[C@H](NC(=O)c1ccc2c(c1)CN(C1CCC(=O)NC1=O)C2=O)c1ccccc1. The highest BCUT2D eigenvalue weighted by Gasteiger charge is 2.39. The molecule has 0 aromatic heterocycles. The third kappa shape index (κ3) is 4.08. The first-order chi connectivity index (χ1) is 14.8. The van der Waals surface area contributed by atoms with Crippen LogP contribution in [-0.2, 0) is 16.1 Å². The number of nitrogens with one attached hydrogen (secondary N) is 2. The first kappa shape index (κ1) is 20.8. The number of carbonyl (C=O) groups excluding carboxylic acids is 4. The predicted octanol–water partition coefficient (Wildman–Crippen LogP) is 2.57. The van der Waals surface area contributed by atoms with E-state index in [2.05, 4.69) is 24.5 Å². The molecule has 0 aliphatic carbocycles. The van der Waals surface area contributed by atoms with Crippen molar-refractivity contribution in [3.05, 3.63) is 70.8 Å². The maximum absolute atomic E-state index is 13.0. The van der Waals surface area contributed by atoms with Crippen molar-refractivity contribution in [2.45, 2.75) is 45.3 Å². The zero-order chi connectivity index (χ0) is 22.1. The highest BCUT2D eigenvalue weighted by molar-refractivity contribution is 6.06. The van der Waals surface area contributed by atoms with Crippen molar-refractivity contribution in [2.24, 2.45) is 5.92 Å². The second-order valence-electron chi connectivity index (χ2n) is 8.38. The van der Waals surface area contributed by atoms with Gasteiger partial charge in [0.05, 0.1) is 6.04 Å². The first-order valence-corrected chi connectivity index (χ1v) is 10.5. The fourth-order valence-corrected chi connectivity index (χ4v) is 4.24. The third-order valence-electron chi connectivity index (χ3n) is 5.90. The smallest absolute Gasteiger partial charge is 0.255 e. The summed E-state index contributed by atoms with van der Waals surface area (Å²) in [5.41, 5.74) is 2.71. The third-order valence-corrected chi connectivity index (χ3v) is 5.90. The van der Waals surface area contributed by atoms with E-state index in [9.17, 15) is 19.2 Å². The Morgan fingerprint density at radius 3 is 2.52 bits per heavy atom. The molecule has 2 N–H and O–H groups in total. The van der Waals surface area contributed by atoms with Crippen molar-refractivity contribution in [3.63, 3.8) is 0 Å². The lowest BCUT2D eigenvalue weighted by atomic mass is 9.95. The molecule has 1 fully saturated rings. The minimum absolute atomic E-state index is 0.136. The van der Waals surface area contributed by atoms with Gasteiger partial charge in [-0.1, -0.05) is 44.2 Å². The summed E-state index contributed by atoms with van der Waals surface area (Å²) in [6, 6.07) is 14.0. The number of piperidine rings is 1. The second kappa shape index (κ2) is 8.34. The van der Waals surface area contributed by atoms with Crippen LogP contribution >= 0.6 is 0 Å². The number of carbonyl (C=O) groups is 4. The average molecular weight is 419 g/mol. The summed E-state index contributed by atoms with van der Waals surface area (Å²) in [7, 11) is 0. The van der Waals surface area contributed by atoms with E-state index >= 15 is 0 Å². The van der Waals surface area contributed by atoms with Crippen LogP contribution in [0.2, 0.25) is 0 Å². The Morgan fingerprint density at radius 2 is 1.84 bits per heavy atom. The van der Waals surface area contributed by atoms with Crippen LogP contribution in [-0.4, -0.2) is 34.6 Å². The summed E-state index contributed by atoms with van der Waals surface area (Å²) in [6.45, 7) is 4.35. The number of benzene rings is 2. The summed E-state index contributed by atoms with van der Waals surface area (Å²) < 4.78 is 0. The summed E-state index contributed by atoms with van der Waals surface area (Å²) >= 11 is 0. The summed E-state index contributed by atoms with van der Waals surface area (Å²) in [5, 5.41) is 5.39. The maximum Gasteiger partial charge on any atom is 0.255 e. The molecule has 0 bridgehead atoms. The Labute approximate surface area is 180 Å². The summed E-state index contributed by atoms with van der Waals surface area (Å²) in [4.78, 5) is 50.9. The van der Waals surface area contributed by atoms with Crippen LogP contribution in [0.5, 0.6) is 0 Å². The van der Waals surface area contributed by atoms with Gasteiger partial charge in [-0.3, -0.25) is 24.5 Å². The van der Waals surface area contributed by atoms with Crippen LogP contribution in [0.4, 0.5) is 0 Å². The molecule has 0 spiro atoms. The minimum atomic E-state index is -0.668. The molecule has 160 valence electrons. The van der Waals surface area contributed by atoms with E-state index < -0.39 is 11.9 Å². The van der Waals surface area contributed by atoms with E-state index in [1.54, 1.807) is 18.2 Å². The molecule has 4 rings (SSSR count). The molecule has 2 aromatic rings. The fraction of sp³-hybridized carbons (Fsp3) is 0.333. The highest BCUT2D eigenvalue weighted by atomic mass is 16.2. The highest BCUT2D eigenvalue weighted by Crippen LogP contribution is 2.29. The van der Waals surface area contributed by atoms with Crippen molar-refractivity contribution in [1.29, 1.82) is 0 Å². The maximum atomic E-state index is 13.0. The molecule has 2 aromatic carbocycles. The number of fused-ring (bicyclic) bond motifs is 1. The van der Waals surface area contributed by atoms with E-state index in [1.165, 1.54) is 4.90 Å². The molecule has 7 nitrogen and oxygen atoms in total. The van der Waals surface area contributed by atoms with Gasteiger partial charge in [0.25, 0.3) is 11.8 Å². The predicted molar refractivity (Wildman–Crippen MR) is 114 cm³/mol. The summed E-state index contributed by atoms with van der Waals surface area (Å²) in [6.07, 6.45) is 0.519. The number of amides is 4. The van der Waals surface area contributed by atoms with Crippen LogP contribution < -0.4 is 10.6 Å². The van der Waals surface area contributed by atoms with Gasteiger partial charge in [-0.2, -0.15) is 0 Å². The van der Waals surface area contributed by atoms with Gasteiger partial charge in [-0.05, 0) is 41.7 Å². The van der Waals surface area contributed by atoms with E-state index in [-0.39, 0.29) is 42.6 Å². The van der Waals surface area contributed by atoms with Gasteiger partial charge in [-0.15, -0.1) is 0 Å². The average Bonchev–Trinajstić information content (AvgIpc) is 3.08. The van der Waals surface area contributed by atoms with Crippen molar-refractivity contribution in [1.82, 2.24) is 15.5 Å². The molecule has 1 saturated heterocycles. The van der Waals surface area contributed by atoms with Crippen molar-refractivity contribution >= 4 is 23.6 Å². The lowest BCUT2D eigenvalue weighted by molar-refractivity contribution is -0.136. The molecule has 7 heteroatoms. The zero-order valence-corrected chi connectivity index (χ0v) is 17.6. The molecule has 2 atom stereocenters. The molecular formula is C24H25N3O4. The number of rotatable bonds is 5. The van der Waals surface area contributed by atoms with Gasteiger partial charge in [0.1, 0.15) is 6.04 Å². The van der Waals surface area contributed by atoms with Crippen molar-refractivity contribution < 1.29 is 19.2 Å². The topological polar surface area (TPSA) is 95.6 Å². The normalized spacial score (nSPS) is 19.3. The molecule has 2 aliphatic rings. The molecule has 31 heavy (non-hydrogen) atoms. The number of hydrogen-bond acceptors (Lipinski definition) is 4. The molecular weight excluding hydrogens is 394 g/mol. The van der Waals surface area contributed by atoms with Crippen LogP contribution in [0, 0.1) is 5.92 Å². The standard InChI is InChI=1S/C24H25N3O4/c1-14(2)21(15-6-4-3-5-7-15)26-22(29)16-8-9-18-17(12-16)13-27(24(18)31)19-10-11-20(28)25-23(19)30/h3-9,12,14,19,21H,10-11,13H2,1-2H3,(H,26,29)(H,25,28,30)/t19?,21-/m0/s1. The van der Waals surface area contributed by atoms with Crippen LogP contribution in [0.3, 0.4) is 0 Å². The Kier molecular flexibility index (Phi) is 5.59. The number of imide groups is 1. The molecule has 0 saturated carbocycles. The van der Waals surface area contributed by atoms with Gasteiger partial charge in [0.2, 0.25) is 11.8 Å². The van der Waals surface area contributed by atoms with Gasteiger partial charge in [0, 0.05) is 24.1 Å². The van der Waals surface area contributed by atoms with Crippen LogP contribution in [0.15, 0.2) is 48.5 Å². The first-order valence-electron chi connectivity index (χ1n) is 10.5. The summed E-state index contributed by atoms with van der Waals surface area (Å²) in [5.74, 6) is -1.02. The fourth-order valence-electron chi connectivity index (χ4n) is 4.24. The number of hydrogen-bond donors (Lipinski definition) is 2. The van der Waals surface area contributed by atoms with Crippen LogP contribution in [0.1, 0.15) is 64.6 Å². The Bertz CT molecular complexity index is 1050. The van der Waals surface area contributed by atoms with Gasteiger partial charge in [-0.25, -0.2) is 0 Å². The second-order valence-corrected chi connectivity index (χ2v) is 8.38. The molecule has 2 aliphatic heterocycles. The van der Waals surface area contributed by atoms with Crippen molar-refractivity contribution in [2.75, 3.05) is 0 Å². The Morgan fingerprint density at radius 1 is 1.10 bits per heavy atom. The van der Waals surface area contributed by atoms with Gasteiger partial charge < -0.3 is 10.2 Å². The quantitative estimate of drug-likeness (QED) is 0.728. The molecule has 2 heterocycles. The Hall–Kier alpha value is -3.48.